The lowest BCUT2D eigenvalue weighted by atomic mass is 10.1. The molecule has 0 fully saturated rings. The van der Waals surface area contributed by atoms with Crippen LogP contribution in [0.1, 0.15) is 17.0 Å². The molecule has 0 aliphatic carbocycles. The van der Waals surface area contributed by atoms with Gasteiger partial charge in [0.1, 0.15) is 5.75 Å². The van der Waals surface area contributed by atoms with Crippen molar-refractivity contribution in [2.24, 2.45) is 0 Å². The van der Waals surface area contributed by atoms with Gasteiger partial charge in [0.05, 0.1) is 12.9 Å². The van der Waals surface area contributed by atoms with Gasteiger partial charge in [-0.1, -0.05) is 42.1 Å². The summed E-state index contributed by atoms with van der Waals surface area (Å²) < 4.78 is 6.63. The van der Waals surface area contributed by atoms with Crippen LogP contribution in [0.3, 0.4) is 0 Å². The number of carbonyl (C=O) groups is 1. The van der Waals surface area contributed by atoms with Crippen molar-refractivity contribution in [2.75, 3.05) is 30.1 Å². The average Bonchev–Trinajstić information content (AvgIpc) is 3.31. The minimum atomic E-state index is 0.0506. The highest BCUT2D eigenvalue weighted by Gasteiger charge is 2.24. The van der Waals surface area contributed by atoms with Gasteiger partial charge in [-0.2, -0.15) is 0 Å². The minimum Gasteiger partial charge on any atom is -0.497 e. The number of thioether (sulfide) groups is 1. The Morgan fingerprint density at radius 1 is 1.18 bits per heavy atom. The number of fused-ring (bicyclic) bond motifs is 1. The SMILES string of the molecule is COc1ccc(Cc2nnc(SCC(=O)N3CCc4ccccc43)n2N)cc1. The minimum absolute atomic E-state index is 0.0506. The Morgan fingerprint density at radius 3 is 2.75 bits per heavy atom. The predicted molar refractivity (Wildman–Crippen MR) is 109 cm³/mol. The summed E-state index contributed by atoms with van der Waals surface area (Å²) in [5.41, 5.74) is 3.27. The standard InChI is InChI=1S/C20H21N5O2S/c1-27-16-8-6-14(7-9-16)12-18-22-23-20(25(18)21)28-13-19(26)24-11-10-15-4-2-3-5-17(15)24/h2-9H,10-13,21H2,1H3. The zero-order valence-electron chi connectivity index (χ0n) is 15.5. The number of nitrogen functional groups attached to an aromatic ring is 1. The molecule has 0 spiro atoms. The van der Waals surface area contributed by atoms with Gasteiger partial charge in [-0.3, -0.25) is 4.79 Å². The Bertz CT molecular complexity index is 987. The summed E-state index contributed by atoms with van der Waals surface area (Å²) in [6.45, 7) is 0.719. The van der Waals surface area contributed by atoms with E-state index in [9.17, 15) is 4.79 Å². The summed E-state index contributed by atoms with van der Waals surface area (Å²) in [6.07, 6.45) is 1.45. The van der Waals surface area contributed by atoms with Crippen molar-refractivity contribution in [3.63, 3.8) is 0 Å². The van der Waals surface area contributed by atoms with Gasteiger partial charge in [-0.15, -0.1) is 10.2 Å². The number of carbonyl (C=O) groups excluding carboxylic acids is 1. The van der Waals surface area contributed by atoms with Crippen LogP contribution in [0, 0.1) is 0 Å². The molecule has 8 heteroatoms. The number of nitrogens with two attached hydrogens (primary N) is 1. The number of hydrogen-bond donors (Lipinski definition) is 1. The highest BCUT2D eigenvalue weighted by Crippen LogP contribution is 2.28. The molecule has 0 radical (unpaired) electrons. The van der Waals surface area contributed by atoms with E-state index in [1.165, 1.54) is 22.0 Å². The van der Waals surface area contributed by atoms with E-state index in [1.807, 2.05) is 47.4 Å². The van der Waals surface area contributed by atoms with Crippen LogP contribution >= 0.6 is 11.8 Å². The molecular weight excluding hydrogens is 374 g/mol. The molecule has 0 unspecified atom stereocenters. The molecule has 2 N–H and O–H groups in total. The molecule has 28 heavy (non-hydrogen) atoms. The fourth-order valence-corrected chi connectivity index (χ4v) is 4.01. The van der Waals surface area contributed by atoms with Crippen molar-refractivity contribution in [1.82, 2.24) is 14.9 Å². The van der Waals surface area contributed by atoms with Gasteiger partial charge in [0.25, 0.3) is 0 Å². The number of para-hydroxylation sites is 1. The van der Waals surface area contributed by atoms with Crippen LogP contribution in [0.5, 0.6) is 5.75 Å². The molecule has 3 aromatic rings. The van der Waals surface area contributed by atoms with Crippen LogP contribution in [0.15, 0.2) is 53.7 Å². The van der Waals surface area contributed by atoms with Crippen molar-refractivity contribution < 1.29 is 9.53 Å². The third-order valence-corrected chi connectivity index (χ3v) is 5.70. The number of rotatable bonds is 6. The molecule has 0 bridgehead atoms. The molecule has 0 atom stereocenters. The van der Waals surface area contributed by atoms with Crippen molar-refractivity contribution in [3.05, 3.63) is 65.5 Å². The molecule has 1 aliphatic rings. The van der Waals surface area contributed by atoms with Crippen molar-refractivity contribution >= 4 is 23.4 Å². The summed E-state index contributed by atoms with van der Waals surface area (Å²) in [4.78, 5) is 14.5. The number of amides is 1. The fourth-order valence-electron chi connectivity index (χ4n) is 3.25. The second kappa shape index (κ2) is 7.93. The molecule has 1 aliphatic heterocycles. The van der Waals surface area contributed by atoms with E-state index in [1.54, 1.807) is 7.11 Å². The zero-order chi connectivity index (χ0) is 19.5. The van der Waals surface area contributed by atoms with Crippen LogP contribution in [-0.2, 0) is 17.6 Å². The summed E-state index contributed by atoms with van der Waals surface area (Å²) in [5.74, 6) is 7.91. The first-order valence-electron chi connectivity index (χ1n) is 8.99. The second-order valence-corrected chi connectivity index (χ2v) is 7.45. The molecule has 1 amide bonds. The first-order chi connectivity index (χ1) is 13.7. The quantitative estimate of drug-likeness (QED) is 0.509. The van der Waals surface area contributed by atoms with Gasteiger partial charge in [0, 0.05) is 18.7 Å². The van der Waals surface area contributed by atoms with Gasteiger partial charge in [-0.25, -0.2) is 4.68 Å². The number of methoxy groups -OCH3 is 1. The van der Waals surface area contributed by atoms with E-state index in [0.29, 0.717) is 17.4 Å². The maximum absolute atomic E-state index is 12.6. The lowest BCUT2D eigenvalue weighted by Crippen LogP contribution is -2.30. The number of nitrogens with zero attached hydrogens (tertiary/aromatic N) is 4. The number of ether oxygens (including phenoxy) is 1. The predicted octanol–water partition coefficient (Wildman–Crippen LogP) is 2.27. The van der Waals surface area contributed by atoms with Crippen LogP contribution < -0.4 is 15.5 Å². The van der Waals surface area contributed by atoms with Crippen LogP contribution in [0.4, 0.5) is 5.69 Å². The Balaban J connectivity index is 1.39. The zero-order valence-corrected chi connectivity index (χ0v) is 16.4. The Hall–Kier alpha value is -3.00. The Morgan fingerprint density at radius 2 is 1.96 bits per heavy atom. The van der Waals surface area contributed by atoms with Crippen LogP contribution in [0.25, 0.3) is 0 Å². The molecule has 0 saturated carbocycles. The highest BCUT2D eigenvalue weighted by molar-refractivity contribution is 7.99. The number of hydrogen-bond acceptors (Lipinski definition) is 6. The number of anilines is 1. The molecule has 0 saturated heterocycles. The van der Waals surface area contributed by atoms with Gasteiger partial charge in [0.2, 0.25) is 11.1 Å². The smallest absolute Gasteiger partial charge is 0.237 e. The van der Waals surface area contributed by atoms with Crippen molar-refractivity contribution in [2.45, 2.75) is 18.0 Å². The second-order valence-electron chi connectivity index (χ2n) is 6.51. The van der Waals surface area contributed by atoms with Crippen LogP contribution in [0.2, 0.25) is 0 Å². The lowest BCUT2D eigenvalue weighted by Gasteiger charge is -2.16. The first kappa shape index (κ1) is 18.4. The van der Waals surface area contributed by atoms with Gasteiger partial charge < -0.3 is 15.5 Å². The van der Waals surface area contributed by atoms with Gasteiger partial charge in [-0.05, 0) is 35.7 Å². The lowest BCUT2D eigenvalue weighted by molar-refractivity contribution is -0.116. The maximum Gasteiger partial charge on any atom is 0.237 e. The van der Waals surface area contributed by atoms with E-state index < -0.39 is 0 Å². The summed E-state index contributed by atoms with van der Waals surface area (Å²) in [6, 6.07) is 15.7. The highest BCUT2D eigenvalue weighted by atomic mass is 32.2. The molecule has 1 aromatic heterocycles. The maximum atomic E-state index is 12.6. The Labute approximate surface area is 167 Å². The Kier molecular flexibility index (Phi) is 5.21. The van der Waals surface area contributed by atoms with Gasteiger partial charge >= 0.3 is 0 Å². The summed E-state index contributed by atoms with van der Waals surface area (Å²) >= 11 is 1.31. The number of aromatic nitrogens is 3. The van der Waals surface area contributed by atoms with Crippen molar-refractivity contribution in [1.29, 1.82) is 0 Å². The van der Waals surface area contributed by atoms with E-state index >= 15 is 0 Å². The summed E-state index contributed by atoms with van der Waals surface area (Å²) in [5, 5.41) is 8.85. The largest absolute Gasteiger partial charge is 0.497 e. The monoisotopic (exact) mass is 395 g/mol. The van der Waals surface area contributed by atoms with Gasteiger partial charge in [0.15, 0.2) is 5.82 Å². The van der Waals surface area contributed by atoms with E-state index in [0.717, 1.165) is 30.0 Å². The van der Waals surface area contributed by atoms with E-state index in [2.05, 4.69) is 16.3 Å². The van der Waals surface area contributed by atoms with E-state index in [4.69, 9.17) is 10.6 Å². The van der Waals surface area contributed by atoms with E-state index in [-0.39, 0.29) is 11.7 Å². The summed E-state index contributed by atoms with van der Waals surface area (Å²) in [7, 11) is 1.64. The molecular formula is C20H21N5O2S. The fraction of sp³-hybridized carbons (Fsp3) is 0.250. The first-order valence-corrected chi connectivity index (χ1v) is 9.97. The third kappa shape index (κ3) is 3.68. The molecule has 4 rings (SSSR count). The van der Waals surface area contributed by atoms with Crippen LogP contribution in [-0.4, -0.2) is 40.2 Å². The number of benzene rings is 2. The average molecular weight is 395 g/mol. The third-order valence-electron chi connectivity index (χ3n) is 4.77. The normalized spacial score (nSPS) is 12.8. The molecule has 7 nitrogen and oxygen atoms in total. The molecule has 2 aromatic carbocycles. The molecule has 2 heterocycles. The topological polar surface area (TPSA) is 86.3 Å². The van der Waals surface area contributed by atoms with Crippen molar-refractivity contribution in [3.8, 4) is 5.75 Å². The molecule has 144 valence electrons.